The quantitative estimate of drug-likeness (QED) is 0.734. The van der Waals surface area contributed by atoms with Crippen molar-refractivity contribution in [2.24, 2.45) is 10.4 Å². The summed E-state index contributed by atoms with van der Waals surface area (Å²) in [6.07, 6.45) is 2.29. The van der Waals surface area contributed by atoms with Crippen LogP contribution in [0.3, 0.4) is 0 Å². The second-order valence-electron chi connectivity index (χ2n) is 6.25. The predicted octanol–water partition coefficient (Wildman–Crippen LogP) is 0.544. The topological polar surface area (TPSA) is 75.3 Å². The highest BCUT2D eigenvalue weighted by atomic mass is 15.1. The van der Waals surface area contributed by atoms with Crippen molar-refractivity contribution < 1.29 is 0 Å². The molecule has 1 aliphatic carbocycles. The zero-order chi connectivity index (χ0) is 13.6. The number of nitrogens with two attached hydrogens (primary N) is 1. The van der Waals surface area contributed by atoms with Crippen molar-refractivity contribution >= 4 is 11.5 Å². The van der Waals surface area contributed by atoms with E-state index in [0.717, 1.165) is 38.3 Å². The van der Waals surface area contributed by atoms with Crippen molar-refractivity contribution in [3.05, 3.63) is 23.9 Å². The van der Waals surface area contributed by atoms with Gasteiger partial charge in [-0.3, -0.25) is 4.99 Å². The number of pyridine rings is 1. The average molecular weight is 271 g/mol. The summed E-state index contributed by atoms with van der Waals surface area (Å²) in [5.74, 6) is 1.14. The molecule has 0 radical (unpaired) electrons. The van der Waals surface area contributed by atoms with E-state index in [4.69, 9.17) is 10.7 Å². The number of nitrogen functional groups attached to an aromatic ring is 1. The van der Waals surface area contributed by atoms with Crippen molar-refractivity contribution in [3.8, 4) is 0 Å². The van der Waals surface area contributed by atoms with Gasteiger partial charge in [-0.2, -0.15) is 0 Å². The summed E-state index contributed by atoms with van der Waals surface area (Å²) in [7, 11) is 0. The van der Waals surface area contributed by atoms with Crippen molar-refractivity contribution in [1.82, 2.24) is 15.6 Å². The number of rotatable bonds is 2. The van der Waals surface area contributed by atoms with Gasteiger partial charge in [0.25, 0.3) is 0 Å². The molecule has 4 rings (SSSR count). The molecule has 5 nitrogen and oxygen atoms in total. The van der Waals surface area contributed by atoms with Crippen LogP contribution >= 0.6 is 0 Å². The van der Waals surface area contributed by atoms with Gasteiger partial charge >= 0.3 is 0 Å². The van der Waals surface area contributed by atoms with E-state index < -0.39 is 0 Å². The Morgan fingerprint density at radius 2 is 2.30 bits per heavy atom. The minimum absolute atomic E-state index is 0.288. The monoisotopic (exact) mass is 271 g/mol. The molecule has 1 saturated carbocycles. The molecule has 0 amide bonds. The van der Waals surface area contributed by atoms with Crippen molar-refractivity contribution in [3.63, 3.8) is 0 Å². The zero-order valence-corrected chi connectivity index (χ0v) is 11.6. The summed E-state index contributed by atoms with van der Waals surface area (Å²) < 4.78 is 0. The van der Waals surface area contributed by atoms with Gasteiger partial charge in [-0.25, -0.2) is 4.98 Å². The van der Waals surface area contributed by atoms with E-state index >= 15 is 0 Å². The van der Waals surface area contributed by atoms with Crippen molar-refractivity contribution in [2.75, 3.05) is 31.9 Å². The molecule has 3 fully saturated rings. The summed E-state index contributed by atoms with van der Waals surface area (Å²) in [6.45, 7) is 4.10. The summed E-state index contributed by atoms with van der Waals surface area (Å²) in [5.41, 5.74) is 8.58. The first kappa shape index (κ1) is 12.3. The molecule has 0 aromatic carbocycles. The van der Waals surface area contributed by atoms with Crippen LogP contribution in [-0.4, -0.2) is 42.9 Å². The van der Waals surface area contributed by atoms with Gasteiger partial charge in [0.2, 0.25) is 0 Å². The number of nitrogens with one attached hydrogen (secondary N) is 2. The second-order valence-corrected chi connectivity index (χ2v) is 6.25. The maximum atomic E-state index is 5.82. The maximum Gasteiger partial charge on any atom is 0.123 e. The van der Waals surface area contributed by atoms with Gasteiger partial charge in [-0.15, -0.1) is 0 Å². The molecule has 1 aromatic rings. The third kappa shape index (κ3) is 1.93. The lowest BCUT2D eigenvalue weighted by Gasteiger charge is -2.16. The van der Waals surface area contributed by atoms with Gasteiger partial charge in [0.1, 0.15) is 5.82 Å². The maximum absolute atomic E-state index is 5.82. The Labute approximate surface area is 119 Å². The van der Waals surface area contributed by atoms with Gasteiger partial charge in [-0.1, -0.05) is 6.07 Å². The van der Waals surface area contributed by atoms with Gasteiger partial charge in [0, 0.05) is 48.9 Å². The Bertz CT molecular complexity index is 547. The number of hydrogen-bond acceptors (Lipinski definition) is 5. The van der Waals surface area contributed by atoms with Crippen LogP contribution in [0.25, 0.3) is 0 Å². The van der Waals surface area contributed by atoms with Crippen molar-refractivity contribution in [2.45, 2.75) is 24.8 Å². The molecule has 20 heavy (non-hydrogen) atoms. The Kier molecular flexibility index (Phi) is 2.79. The molecule has 2 aliphatic heterocycles. The Hall–Kier alpha value is -1.46. The molecule has 3 atom stereocenters. The fourth-order valence-electron chi connectivity index (χ4n) is 3.77. The van der Waals surface area contributed by atoms with Crippen LogP contribution in [0.15, 0.2) is 23.2 Å². The molecule has 0 bridgehead atoms. The van der Waals surface area contributed by atoms with E-state index in [9.17, 15) is 0 Å². The molecular weight excluding hydrogens is 250 g/mol. The molecule has 106 valence electrons. The van der Waals surface area contributed by atoms with Crippen LogP contribution in [0.4, 0.5) is 5.82 Å². The Morgan fingerprint density at radius 3 is 3.10 bits per heavy atom. The number of aliphatic imine (C=N–C) groups is 1. The van der Waals surface area contributed by atoms with Crippen LogP contribution in [0.5, 0.6) is 0 Å². The number of aromatic nitrogens is 1. The molecule has 1 aromatic heterocycles. The number of nitrogens with zero attached hydrogens (tertiary/aromatic N) is 2. The molecule has 5 heteroatoms. The van der Waals surface area contributed by atoms with Crippen LogP contribution in [0, 0.1) is 5.41 Å². The largest absolute Gasteiger partial charge is 0.384 e. The van der Waals surface area contributed by atoms with Crippen molar-refractivity contribution in [1.29, 1.82) is 0 Å². The highest BCUT2D eigenvalue weighted by Crippen LogP contribution is 2.63. The van der Waals surface area contributed by atoms with Crippen LogP contribution in [-0.2, 0) is 0 Å². The molecule has 1 unspecified atom stereocenters. The normalized spacial score (nSPS) is 37.9. The van der Waals surface area contributed by atoms with E-state index in [1.807, 2.05) is 12.1 Å². The van der Waals surface area contributed by atoms with E-state index in [-0.39, 0.29) is 5.41 Å². The number of anilines is 1. The third-order valence-electron chi connectivity index (χ3n) is 4.98. The first-order valence-corrected chi connectivity index (χ1v) is 7.47. The smallest absolute Gasteiger partial charge is 0.123 e. The fourth-order valence-corrected chi connectivity index (χ4v) is 3.77. The number of hydrogen-bond donors (Lipinski definition) is 3. The molecule has 4 N–H and O–H groups in total. The molecule has 3 heterocycles. The minimum Gasteiger partial charge on any atom is -0.384 e. The van der Waals surface area contributed by atoms with E-state index in [1.54, 1.807) is 0 Å². The van der Waals surface area contributed by atoms with E-state index in [2.05, 4.69) is 21.7 Å². The molecule has 3 aliphatic rings. The predicted molar refractivity (Wildman–Crippen MR) is 80.0 cm³/mol. The Morgan fingerprint density at radius 1 is 1.35 bits per heavy atom. The lowest BCUT2D eigenvalue weighted by Crippen LogP contribution is -2.22. The Balaban J connectivity index is 1.57. The lowest BCUT2D eigenvalue weighted by atomic mass is 9.96. The standard InChI is InChI=1S/C15H21N5/c16-14-3-1-2-12(20-14)11-6-15(11)9-18-8-13(15)19-10-4-5-17-7-10/h1-3,11,13,17-18H,4-9H2,(H2,16,20)/t11-,13+,15?/m0/s1. The average Bonchev–Trinajstić information content (AvgIpc) is 2.78. The SMILES string of the molecule is Nc1cccc([C@@H]2CC23CNC[C@H]3N=C2CCNC2)n1. The highest BCUT2D eigenvalue weighted by molar-refractivity contribution is 5.88. The first-order valence-electron chi connectivity index (χ1n) is 7.47. The zero-order valence-electron chi connectivity index (χ0n) is 11.6. The van der Waals surface area contributed by atoms with Gasteiger partial charge in [-0.05, 0) is 25.0 Å². The highest BCUT2D eigenvalue weighted by Gasteiger charge is 2.62. The second kappa shape index (κ2) is 4.53. The van der Waals surface area contributed by atoms with Gasteiger partial charge < -0.3 is 16.4 Å². The molecule has 2 saturated heterocycles. The lowest BCUT2D eigenvalue weighted by molar-refractivity contribution is 0.478. The third-order valence-corrected chi connectivity index (χ3v) is 4.98. The summed E-state index contributed by atoms with van der Waals surface area (Å²) in [6, 6.07) is 6.38. The fraction of sp³-hybridized carbons (Fsp3) is 0.600. The van der Waals surface area contributed by atoms with E-state index in [1.165, 1.54) is 12.1 Å². The molecular formula is C15H21N5. The first-order chi connectivity index (χ1) is 9.78. The van der Waals surface area contributed by atoms with Gasteiger partial charge in [0.05, 0.1) is 6.04 Å². The van der Waals surface area contributed by atoms with Crippen LogP contribution in [0.1, 0.15) is 24.5 Å². The summed E-state index contributed by atoms with van der Waals surface area (Å²) in [4.78, 5) is 9.53. The van der Waals surface area contributed by atoms with Gasteiger partial charge in [0.15, 0.2) is 0 Å². The van der Waals surface area contributed by atoms with E-state index in [0.29, 0.717) is 17.8 Å². The minimum atomic E-state index is 0.288. The molecule has 1 spiro atoms. The summed E-state index contributed by atoms with van der Waals surface area (Å²) >= 11 is 0. The van der Waals surface area contributed by atoms with Crippen LogP contribution < -0.4 is 16.4 Å². The van der Waals surface area contributed by atoms with Crippen LogP contribution in [0.2, 0.25) is 0 Å². The summed E-state index contributed by atoms with van der Waals surface area (Å²) in [5, 5.41) is 6.89.